The standard InChI is InChI=1S/C11H8F3N/c12-11(13,14)7-1-2-9-3-5-10(8-15)6-4-9/h1-6H,7H2. The highest BCUT2D eigenvalue weighted by Gasteiger charge is 2.24. The summed E-state index contributed by atoms with van der Waals surface area (Å²) in [5.74, 6) is 0. The Morgan fingerprint density at radius 2 is 1.80 bits per heavy atom. The highest BCUT2D eigenvalue weighted by molar-refractivity contribution is 5.50. The van der Waals surface area contributed by atoms with Crippen molar-refractivity contribution in [2.75, 3.05) is 0 Å². The van der Waals surface area contributed by atoms with Gasteiger partial charge >= 0.3 is 6.18 Å². The highest BCUT2D eigenvalue weighted by atomic mass is 19.4. The number of benzene rings is 1. The topological polar surface area (TPSA) is 23.8 Å². The van der Waals surface area contributed by atoms with E-state index in [1.807, 2.05) is 6.07 Å². The number of alkyl halides is 3. The molecule has 0 amide bonds. The minimum absolute atomic E-state index is 0.489. The lowest BCUT2D eigenvalue weighted by Crippen LogP contribution is -2.03. The lowest BCUT2D eigenvalue weighted by atomic mass is 10.1. The van der Waals surface area contributed by atoms with Gasteiger partial charge in [-0.05, 0) is 17.7 Å². The number of hydrogen-bond acceptors (Lipinski definition) is 1. The van der Waals surface area contributed by atoms with E-state index in [1.54, 1.807) is 24.3 Å². The Labute approximate surface area is 85.5 Å². The van der Waals surface area contributed by atoms with Crippen molar-refractivity contribution in [3.8, 4) is 6.07 Å². The number of rotatable bonds is 2. The van der Waals surface area contributed by atoms with E-state index in [0.717, 1.165) is 6.08 Å². The molecule has 1 aromatic rings. The molecule has 0 radical (unpaired) electrons. The highest BCUT2D eigenvalue weighted by Crippen LogP contribution is 2.20. The average molecular weight is 211 g/mol. The molecule has 0 atom stereocenters. The van der Waals surface area contributed by atoms with E-state index < -0.39 is 12.6 Å². The van der Waals surface area contributed by atoms with Crippen LogP contribution in [0.3, 0.4) is 0 Å². The SMILES string of the molecule is N#Cc1ccc(C=CCC(F)(F)F)cc1. The second-order valence-electron chi connectivity index (χ2n) is 2.96. The van der Waals surface area contributed by atoms with E-state index in [-0.39, 0.29) is 0 Å². The summed E-state index contributed by atoms with van der Waals surface area (Å²) in [5, 5.41) is 8.49. The van der Waals surface area contributed by atoms with Gasteiger partial charge in [0.1, 0.15) is 0 Å². The minimum atomic E-state index is -4.16. The summed E-state index contributed by atoms with van der Waals surface area (Å²) in [4.78, 5) is 0. The Morgan fingerprint density at radius 1 is 1.20 bits per heavy atom. The maximum absolute atomic E-state index is 11.8. The van der Waals surface area contributed by atoms with Crippen LogP contribution in [0.15, 0.2) is 30.3 Å². The van der Waals surface area contributed by atoms with E-state index in [4.69, 9.17) is 5.26 Å². The van der Waals surface area contributed by atoms with Crippen LogP contribution in [0.5, 0.6) is 0 Å². The monoisotopic (exact) mass is 211 g/mol. The smallest absolute Gasteiger partial charge is 0.192 e. The van der Waals surface area contributed by atoms with Crippen LogP contribution < -0.4 is 0 Å². The van der Waals surface area contributed by atoms with Crippen LogP contribution >= 0.6 is 0 Å². The fourth-order valence-electron chi connectivity index (χ4n) is 0.997. The van der Waals surface area contributed by atoms with Gasteiger partial charge < -0.3 is 0 Å². The first-order valence-electron chi connectivity index (χ1n) is 4.25. The van der Waals surface area contributed by atoms with E-state index in [9.17, 15) is 13.2 Å². The molecule has 0 saturated carbocycles. The molecular weight excluding hydrogens is 203 g/mol. The van der Waals surface area contributed by atoms with Crippen LogP contribution in [0, 0.1) is 11.3 Å². The van der Waals surface area contributed by atoms with Crippen molar-refractivity contribution in [3.63, 3.8) is 0 Å². The van der Waals surface area contributed by atoms with Gasteiger partial charge in [-0.2, -0.15) is 18.4 Å². The molecule has 0 aliphatic carbocycles. The van der Waals surface area contributed by atoms with Gasteiger partial charge in [-0.3, -0.25) is 0 Å². The molecule has 0 unspecified atom stereocenters. The molecule has 4 heteroatoms. The molecule has 1 rings (SSSR count). The van der Waals surface area contributed by atoms with Gasteiger partial charge in [-0.25, -0.2) is 0 Å². The third-order valence-electron chi connectivity index (χ3n) is 1.70. The Kier molecular flexibility index (Phi) is 3.51. The first-order chi connectivity index (χ1) is 7.01. The lowest BCUT2D eigenvalue weighted by molar-refractivity contribution is -0.124. The summed E-state index contributed by atoms with van der Waals surface area (Å²) in [6.07, 6.45) is -2.66. The number of nitrogens with zero attached hydrogens (tertiary/aromatic N) is 1. The van der Waals surface area contributed by atoms with Crippen LogP contribution in [0.25, 0.3) is 6.08 Å². The summed E-state index contributed by atoms with van der Waals surface area (Å²) in [7, 11) is 0. The van der Waals surface area contributed by atoms with Crippen molar-refractivity contribution in [3.05, 3.63) is 41.5 Å². The van der Waals surface area contributed by atoms with Gasteiger partial charge in [0.25, 0.3) is 0 Å². The molecule has 0 aliphatic rings. The first-order valence-corrected chi connectivity index (χ1v) is 4.25. The molecule has 0 N–H and O–H groups in total. The van der Waals surface area contributed by atoms with Crippen LogP contribution in [0.1, 0.15) is 17.5 Å². The predicted molar refractivity (Wildman–Crippen MR) is 50.9 cm³/mol. The zero-order valence-electron chi connectivity index (χ0n) is 7.75. The Morgan fingerprint density at radius 3 is 2.27 bits per heavy atom. The molecule has 0 aromatic heterocycles. The van der Waals surface area contributed by atoms with Crippen LogP contribution in [-0.4, -0.2) is 6.18 Å². The zero-order valence-corrected chi connectivity index (χ0v) is 7.75. The van der Waals surface area contributed by atoms with Gasteiger partial charge in [0, 0.05) is 0 Å². The fourth-order valence-corrected chi connectivity index (χ4v) is 0.997. The van der Waals surface area contributed by atoms with Crippen molar-refractivity contribution < 1.29 is 13.2 Å². The second kappa shape index (κ2) is 4.65. The van der Waals surface area contributed by atoms with Crippen LogP contribution in [0.4, 0.5) is 13.2 Å². The van der Waals surface area contributed by atoms with Crippen LogP contribution in [-0.2, 0) is 0 Å². The maximum Gasteiger partial charge on any atom is 0.392 e. The van der Waals surface area contributed by atoms with E-state index in [0.29, 0.717) is 11.1 Å². The van der Waals surface area contributed by atoms with Crippen molar-refractivity contribution in [2.24, 2.45) is 0 Å². The lowest BCUT2D eigenvalue weighted by Gasteiger charge is -2.00. The van der Waals surface area contributed by atoms with Crippen molar-refractivity contribution in [2.45, 2.75) is 12.6 Å². The molecule has 0 bridgehead atoms. The molecular formula is C11H8F3N. The zero-order chi connectivity index (χ0) is 11.3. The van der Waals surface area contributed by atoms with Crippen LogP contribution in [0.2, 0.25) is 0 Å². The molecule has 0 heterocycles. The third kappa shape index (κ3) is 4.32. The predicted octanol–water partition coefficient (Wildman–Crippen LogP) is 3.52. The van der Waals surface area contributed by atoms with Gasteiger partial charge in [0.15, 0.2) is 0 Å². The molecule has 0 fully saturated rings. The number of hydrogen-bond donors (Lipinski definition) is 0. The van der Waals surface area contributed by atoms with E-state index in [2.05, 4.69) is 0 Å². The summed E-state index contributed by atoms with van der Waals surface area (Å²) in [5.41, 5.74) is 1.14. The molecule has 0 spiro atoms. The normalized spacial score (nSPS) is 11.6. The molecule has 78 valence electrons. The van der Waals surface area contributed by atoms with Gasteiger partial charge in [0.05, 0.1) is 18.1 Å². The Balaban J connectivity index is 2.62. The third-order valence-corrected chi connectivity index (χ3v) is 1.70. The van der Waals surface area contributed by atoms with E-state index in [1.165, 1.54) is 6.08 Å². The summed E-state index contributed by atoms with van der Waals surface area (Å²) in [6, 6.07) is 8.26. The molecule has 15 heavy (non-hydrogen) atoms. The number of halogens is 3. The first kappa shape index (κ1) is 11.3. The Bertz CT molecular complexity index is 382. The summed E-state index contributed by atoms with van der Waals surface area (Å²) >= 11 is 0. The fraction of sp³-hybridized carbons (Fsp3) is 0.182. The number of nitriles is 1. The van der Waals surface area contributed by atoms with E-state index >= 15 is 0 Å². The van der Waals surface area contributed by atoms with Gasteiger partial charge in [-0.1, -0.05) is 24.3 Å². The molecule has 0 aliphatic heterocycles. The van der Waals surface area contributed by atoms with Gasteiger partial charge in [-0.15, -0.1) is 0 Å². The second-order valence-corrected chi connectivity index (χ2v) is 2.96. The minimum Gasteiger partial charge on any atom is -0.192 e. The summed E-state index contributed by atoms with van der Waals surface area (Å²) in [6.45, 7) is 0. The molecule has 1 aromatic carbocycles. The number of allylic oxidation sites excluding steroid dienone is 1. The van der Waals surface area contributed by atoms with Crippen molar-refractivity contribution >= 4 is 6.08 Å². The van der Waals surface area contributed by atoms with Crippen molar-refractivity contribution in [1.29, 1.82) is 5.26 Å². The summed E-state index contributed by atoms with van der Waals surface area (Å²) < 4.78 is 35.3. The molecule has 0 saturated heterocycles. The van der Waals surface area contributed by atoms with Gasteiger partial charge in [0.2, 0.25) is 0 Å². The average Bonchev–Trinajstić information content (AvgIpc) is 2.17. The molecule has 1 nitrogen and oxygen atoms in total. The van der Waals surface area contributed by atoms with Crippen molar-refractivity contribution in [1.82, 2.24) is 0 Å². The largest absolute Gasteiger partial charge is 0.392 e. The Hall–Kier alpha value is -1.76. The maximum atomic E-state index is 11.8. The quantitative estimate of drug-likeness (QED) is 0.734.